The molecule has 7 heteroatoms. The van der Waals surface area contributed by atoms with Crippen LogP contribution in [-0.4, -0.2) is 63.8 Å². The second-order valence-electron chi connectivity index (χ2n) is 6.51. The topological polar surface area (TPSA) is 103 Å². The molecule has 2 amide bonds. The van der Waals surface area contributed by atoms with E-state index in [-0.39, 0.29) is 30.9 Å². The lowest BCUT2D eigenvalue weighted by Crippen LogP contribution is -2.55. The Morgan fingerprint density at radius 1 is 1.42 bits per heavy atom. The predicted octanol–water partition coefficient (Wildman–Crippen LogP) is -0.278. The van der Waals surface area contributed by atoms with Crippen molar-refractivity contribution < 1.29 is 19.8 Å². The summed E-state index contributed by atoms with van der Waals surface area (Å²) in [6, 6.07) is 5.66. The molecule has 0 unspecified atom stereocenters. The molecule has 3 N–H and O–H groups in total. The number of aromatic nitrogens is 1. The first-order chi connectivity index (χ1) is 11.5. The molecule has 0 spiro atoms. The Morgan fingerprint density at radius 3 is 2.79 bits per heavy atom. The van der Waals surface area contributed by atoms with Gasteiger partial charge in [0, 0.05) is 37.8 Å². The lowest BCUT2D eigenvalue weighted by Gasteiger charge is -2.34. The van der Waals surface area contributed by atoms with Gasteiger partial charge < -0.3 is 20.4 Å². The second kappa shape index (κ2) is 8.21. The van der Waals surface area contributed by atoms with Crippen molar-refractivity contribution in [2.75, 3.05) is 26.3 Å². The minimum absolute atomic E-state index is 0.0436. The zero-order valence-electron chi connectivity index (χ0n) is 13.9. The molecule has 0 radical (unpaired) electrons. The Hall–Kier alpha value is -1.99. The van der Waals surface area contributed by atoms with Gasteiger partial charge in [0.15, 0.2) is 0 Å². The molecule has 0 bridgehead atoms. The lowest BCUT2D eigenvalue weighted by atomic mass is 9.94. The molecule has 2 rings (SSSR count). The van der Waals surface area contributed by atoms with Crippen LogP contribution in [0.15, 0.2) is 24.4 Å². The number of hydrogen-bond donors (Lipinski definition) is 3. The van der Waals surface area contributed by atoms with Crippen molar-refractivity contribution in [3.8, 4) is 0 Å². The summed E-state index contributed by atoms with van der Waals surface area (Å²) in [4.78, 5) is 30.4. The highest BCUT2D eigenvalue weighted by Gasteiger charge is 2.33. The van der Waals surface area contributed by atoms with E-state index in [1.165, 1.54) is 0 Å². The molecule has 1 aromatic rings. The number of aliphatic hydroxyl groups is 2. The number of hydrogen-bond acceptors (Lipinski definition) is 5. The van der Waals surface area contributed by atoms with E-state index in [0.717, 1.165) is 5.69 Å². The molecule has 1 fully saturated rings. The zero-order valence-corrected chi connectivity index (χ0v) is 13.9. The normalized spacial score (nSPS) is 18.5. The maximum atomic E-state index is 12.4. The van der Waals surface area contributed by atoms with Crippen LogP contribution in [0.5, 0.6) is 0 Å². The average Bonchev–Trinajstić information content (AvgIpc) is 2.61. The third-order valence-electron chi connectivity index (χ3n) is 4.36. The van der Waals surface area contributed by atoms with E-state index >= 15 is 0 Å². The summed E-state index contributed by atoms with van der Waals surface area (Å²) in [6.07, 6.45) is 3.17. The summed E-state index contributed by atoms with van der Waals surface area (Å²) in [5.41, 5.74) is -0.137. The van der Waals surface area contributed by atoms with Gasteiger partial charge in [0.2, 0.25) is 11.8 Å². The largest absolute Gasteiger partial charge is 0.394 e. The fourth-order valence-electron chi connectivity index (χ4n) is 2.67. The molecule has 1 aliphatic heterocycles. The van der Waals surface area contributed by atoms with Crippen LogP contribution in [0.1, 0.15) is 25.5 Å². The summed E-state index contributed by atoms with van der Waals surface area (Å²) < 4.78 is 0. The number of amides is 2. The van der Waals surface area contributed by atoms with E-state index in [1.807, 2.05) is 18.2 Å². The average molecular weight is 335 g/mol. The highest BCUT2D eigenvalue weighted by Crippen LogP contribution is 2.19. The number of likely N-dealkylation sites (tertiary alicyclic amines) is 1. The van der Waals surface area contributed by atoms with Crippen LogP contribution >= 0.6 is 0 Å². The molecule has 1 aliphatic rings. The molecule has 0 saturated carbocycles. The molecule has 7 nitrogen and oxygen atoms in total. The van der Waals surface area contributed by atoms with Gasteiger partial charge in [-0.3, -0.25) is 14.6 Å². The highest BCUT2D eigenvalue weighted by atomic mass is 16.3. The Balaban J connectivity index is 1.92. The second-order valence-corrected chi connectivity index (χ2v) is 6.51. The van der Waals surface area contributed by atoms with Gasteiger partial charge in [0.25, 0.3) is 0 Å². The van der Waals surface area contributed by atoms with Crippen LogP contribution in [-0.2, 0) is 16.0 Å². The summed E-state index contributed by atoms with van der Waals surface area (Å²) in [6.45, 7) is 1.77. The van der Waals surface area contributed by atoms with Crippen molar-refractivity contribution in [2.24, 2.45) is 5.92 Å². The third kappa shape index (κ3) is 4.75. The fourth-order valence-corrected chi connectivity index (χ4v) is 2.67. The maximum Gasteiger partial charge on any atom is 0.225 e. The summed E-state index contributed by atoms with van der Waals surface area (Å²) in [7, 11) is 0. The van der Waals surface area contributed by atoms with Crippen molar-refractivity contribution in [3.05, 3.63) is 30.1 Å². The molecule has 1 saturated heterocycles. The summed E-state index contributed by atoms with van der Waals surface area (Å²) in [5.74, 6) is -0.526. The molecule has 1 aromatic heterocycles. The quantitative estimate of drug-likeness (QED) is 0.636. The Bertz CT molecular complexity index is 560. The summed E-state index contributed by atoms with van der Waals surface area (Å²) in [5, 5.41) is 21.3. The predicted molar refractivity (Wildman–Crippen MR) is 88.0 cm³/mol. The Morgan fingerprint density at radius 2 is 2.17 bits per heavy atom. The number of nitrogens with one attached hydrogen (secondary N) is 1. The van der Waals surface area contributed by atoms with Gasteiger partial charge in [-0.15, -0.1) is 0 Å². The van der Waals surface area contributed by atoms with Crippen LogP contribution in [0.25, 0.3) is 0 Å². The summed E-state index contributed by atoms with van der Waals surface area (Å²) >= 11 is 0. The van der Waals surface area contributed by atoms with Crippen LogP contribution in [0.2, 0.25) is 0 Å². The van der Waals surface area contributed by atoms with Crippen molar-refractivity contribution in [1.82, 2.24) is 15.2 Å². The zero-order chi connectivity index (χ0) is 17.6. The smallest absolute Gasteiger partial charge is 0.225 e. The molecule has 0 aromatic carbocycles. The van der Waals surface area contributed by atoms with Crippen LogP contribution in [0.4, 0.5) is 0 Å². The lowest BCUT2D eigenvalue weighted by molar-refractivity contribution is -0.139. The van der Waals surface area contributed by atoms with E-state index < -0.39 is 5.54 Å². The molecule has 2 heterocycles. The van der Waals surface area contributed by atoms with Gasteiger partial charge in [-0.2, -0.15) is 0 Å². The first kappa shape index (κ1) is 18.4. The van der Waals surface area contributed by atoms with Gasteiger partial charge in [0.05, 0.1) is 24.7 Å². The number of piperidine rings is 1. The highest BCUT2D eigenvalue weighted by molar-refractivity contribution is 5.84. The van der Waals surface area contributed by atoms with Gasteiger partial charge in [-0.1, -0.05) is 6.07 Å². The number of nitrogens with zero attached hydrogens (tertiary/aromatic N) is 2. The minimum atomic E-state index is -1.04. The number of carbonyl (C=O) groups excluding carboxylic acids is 2. The van der Waals surface area contributed by atoms with Gasteiger partial charge in [-0.25, -0.2) is 0 Å². The van der Waals surface area contributed by atoms with Gasteiger partial charge in [0.1, 0.15) is 0 Å². The number of carbonyl (C=O) groups is 2. The molecule has 1 atom stereocenters. The molecule has 24 heavy (non-hydrogen) atoms. The van der Waals surface area contributed by atoms with Crippen LogP contribution < -0.4 is 5.32 Å². The number of aliphatic hydroxyl groups excluding tert-OH is 2. The van der Waals surface area contributed by atoms with Crippen molar-refractivity contribution >= 4 is 11.8 Å². The standard InChI is InChI=1S/C17H25N3O4/c1-17(11-21,12-22)19-16(24)13-5-6-15(23)20(10-13)9-7-14-4-2-3-8-18-14/h2-4,8,13,21-22H,5-7,9-12H2,1H3,(H,19,24)/t13-/m0/s1. The van der Waals surface area contributed by atoms with Crippen molar-refractivity contribution in [3.63, 3.8) is 0 Å². The monoisotopic (exact) mass is 335 g/mol. The van der Waals surface area contributed by atoms with Crippen LogP contribution in [0, 0.1) is 5.92 Å². The minimum Gasteiger partial charge on any atom is -0.394 e. The van der Waals surface area contributed by atoms with E-state index in [0.29, 0.717) is 32.4 Å². The SMILES string of the molecule is CC(CO)(CO)NC(=O)[C@H]1CCC(=O)N(CCc2ccccn2)C1. The maximum absolute atomic E-state index is 12.4. The molecule has 0 aliphatic carbocycles. The van der Waals surface area contributed by atoms with E-state index in [9.17, 15) is 19.8 Å². The van der Waals surface area contributed by atoms with Crippen molar-refractivity contribution in [2.45, 2.75) is 31.7 Å². The van der Waals surface area contributed by atoms with Crippen molar-refractivity contribution in [1.29, 1.82) is 0 Å². The van der Waals surface area contributed by atoms with Crippen LogP contribution in [0.3, 0.4) is 0 Å². The first-order valence-corrected chi connectivity index (χ1v) is 8.19. The Kier molecular flexibility index (Phi) is 6.28. The van der Waals surface area contributed by atoms with Gasteiger partial charge in [-0.05, 0) is 25.5 Å². The van der Waals surface area contributed by atoms with E-state index in [1.54, 1.807) is 18.0 Å². The number of rotatable bonds is 7. The molecular weight excluding hydrogens is 310 g/mol. The number of pyridine rings is 1. The van der Waals surface area contributed by atoms with E-state index in [4.69, 9.17) is 0 Å². The first-order valence-electron chi connectivity index (χ1n) is 8.19. The third-order valence-corrected chi connectivity index (χ3v) is 4.36. The fraction of sp³-hybridized carbons (Fsp3) is 0.588. The molecular formula is C17H25N3O4. The molecule has 132 valence electrons. The van der Waals surface area contributed by atoms with E-state index in [2.05, 4.69) is 10.3 Å². The Labute approximate surface area is 141 Å². The van der Waals surface area contributed by atoms with Gasteiger partial charge >= 0.3 is 0 Å².